The van der Waals surface area contributed by atoms with Gasteiger partial charge >= 0.3 is 6.18 Å². The third-order valence-corrected chi connectivity index (χ3v) is 1.99. The van der Waals surface area contributed by atoms with Crippen molar-refractivity contribution in [2.24, 2.45) is 0 Å². The largest absolute Gasteiger partial charge is 0.495 e. The number of nitrogens with zero attached hydrogens (tertiary/aromatic N) is 2. The number of hydrogen-bond donors (Lipinski definition) is 0. The van der Waals surface area contributed by atoms with Crippen molar-refractivity contribution in [1.29, 1.82) is 0 Å². The highest BCUT2D eigenvalue weighted by Crippen LogP contribution is 2.29. The van der Waals surface area contributed by atoms with Crippen molar-refractivity contribution in [2.75, 3.05) is 7.11 Å². The fourth-order valence-electron chi connectivity index (χ4n) is 1.30. The van der Waals surface area contributed by atoms with Gasteiger partial charge in [-0.25, -0.2) is 4.98 Å². The van der Waals surface area contributed by atoms with Crippen molar-refractivity contribution in [3.8, 4) is 5.75 Å². The molecule has 80 valence electrons. The Morgan fingerprint density at radius 3 is 2.67 bits per heavy atom. The molecule has 0 aliphatic rings. The Hall–Kier alpha value is -1.72. The number of imidazole rings is 1. The predicted molar refractivity (Wildman–Crippen MR) is 46.7 cm³/mol. The lowest BCUT2D eigenvalue weighted by Crippen LogP contribution is -2.10. The van der Waals surface area contributed by atoms with Crippen molar-refractivity contribution in [3.05, 3.63) is 30.4 Å². The van der Waals surface area contributed by atoms with E-state index in [1.807, 2.05) is 0 Å². The van der Waals surface area contributed by atoms with Crippen molar-refractivity contribution < 1.29 is 17.9 Å². The number of methoxy groups -OCH3 is 1. The van der Waals surface area contributed by atoms with E-state index in [9.17, 15) is 13.2 Å². The molecule has 0 N–H and O–H groups in total. The van der Waals surface area contributed by atoms with E-state index in [0.29, 0.717) is 11.3 Å². The average Bonchev–Trinajstić information content (AvgIpc) is 2.59. The molecule has 3 nitrogen and oxygen atoms in total. The summed E-state index contributed by atoms with van der Waals surface area (Å²) in [6, 6.07) is 3.10. The number of ether oxygens (including phenoxy) is 1. The van der Waals surface area contributed by atoms with Crippen LogP contribution in [0.2, 0.25) is 0 Å². The molecule has 2 aromatic rings. The van der Waals surface area contributed by atoms with E-state index in [1.54, 1.807) is 6.07 Å². The van der Waals surface area contributed by atoms with Crippen LogP contribution in [-0.4, -0.2) is 16.5 Å². The van der Waals surface area contributed by atoms with Gasteiger partial charge in [0.25, 0.3) is 0 Å². The summed E-state index contributed by atoms with van der Waals surface area (Å²) in [7, 11) is 1.39. The molecule has 2 rings (SSSR count). The van der Waals surface area contributed by atoms with Gasteiger partial charge in [0.05, 0.1) is 25.0 Å². The van der Waals surface area contributed by atoms with Gasteiger partial charge in [-0.2, -0.15) is 13.2 Å². The number of fused-ring (bicyclic) bond motifs is 1. The van der Waals surface area contributed by atoms with Crippen LogP contribution in [0.1, 0.15) is 5.82 Å². The first-order valence-electron chi connectivity index (χ1n) is 4.10. The van der Waals surface area contributed by atoms with Crippen molar-refractivity contribution in [2.45, 2.75) is 6.18 Å². The quantitative estimate of drug-likeness (QED) is 0.731. The lowest BCUT2D eigenvalue weighted by Gasteiger charge is -2.06. The molecule has 0 spiro atoms. The van der Waals surface area contributed by atoms with Crippen LogP contribution in [0.3, 0.4) is 0 Å². The van der Waals surface area contributed by atoms with Gasteiger partial charge in [0.15, 0.2) is 0 Å². The highest BCUT2D eigenvalue weighted by atomic mass is 19.4. The van der Waals surface area contributed by atoms with Gasteiger partial charge in [-0.15, -0.1) is 0 Å². The van der Waals surface area contributed by atoms with Crippen LogP contribution >= 0.6 is 0 Å². The topological polar surface area (TPSA) is 26.5 Å². The summed E-state index contributed by atoms with van der Waals surface area (Å²) in [6.45, 7) is 0. The van der Waals surface area contributed by atoms with Gasteiger partial charge in [-0.3, -0.25) is 4.40 Å². The van der Waals surface area contributed by atoms with Gasteiger partial charge < -0.3 is 4.74 Å². The zero-order chi connectivity index (χ0) is 11.1. The number of rotatable bonds is 1. The van der Waals surface area contributed by atoms with Crippen LogP contribution in [0.5, 0.6) is 5.75 Å². The fraction of sp³-hybridized carbons (Fsp3) is 0.222. The summed E-state index contributed by atoms with van der Waals surface area (Å²) in [5.41, 5.74) is 0.378. The SMILES string of the molecule is COc1ccc2cnc(C(F)(F)F)n2c1. The first kappa shape index (κ1) is 9.82. The van der Waals surface area contributed by atoms with Gasteiger partial charge in [0.2, 0.25) is 5.82 Å². The summed E-state index contributed by atoms with van der Waals surface area (Å²) in [5.74, 6) is -0.595. The number of pyridine rings is 1. The van der Waals surface area contributed by atoms with Gasteiger partial charge in [0.1, 0.15) is 5.75 Å². The fourth-order valence-corrected chi connectivity index (χ4v) is 1.30. The molecule has 15 heavy (non-hydrogen) atoms. The molecular weight excluding hydrogens is 209 g/mol. The second kappa shape index (κ2) is 3.15. The summed E-state index contributed by atoms with van der Waals surface area (Å²) >= 11 is 0. The smallest absolute Gasteiger partial charge is 0.450 e. The molecule has 2 heterocycles. The third kappa shape index (κ3) is 1.62. The molecule has 6 heteroatoms. The van der Waals surface area contributed by atoms with E-state index < -0.39 is 12.0 Å². The molecule has 0 radical (unpaired) electrons. The normalized spacial score (nSPS) is 12.0. The Labute approximate surface area is 83.1 Å². The Morgan fingerprint density at radius 1 is 1.33 bits per heavy atom. The monoisotopic (exact) mass is 216 g/mol. The number of aromatic nitrogens is 2. The number of halogens is 3. The lowest BCUT2D eigenvalue weighted by atomic mass is 10.4. The first-order valence-corrected chi connectivity index (χ1v) is 4.10. The molecule has 0 amide bonds. The maximum Gasteiger partial charge on any atom is 0.450 e. The maximum atomic E-state index is 12.5. The Bertz CT molecular complexity index is 490. The molecule has 0 saturated heterocycles. The van der Waals surface area contributed by atoms with Crippen LogP contribution in [0.15, 0.2) is 24.5 Å². The van der Waals surface area contributed by atoms with Gasteiger partial charge in [-0.05, 0) is 12.1 Å². The predicted octanol–water partition coefficient (Wildman–Crippen LogP) is 2.36. The molecule has 0 aromatic carbocycles. The molecule has 0 aliphatic carbocycles. The molecule has 2 aromatic heterocycles. The molecule has 0 aliphatic heterocycles. The zero-order valence-electron chi connectivity index (χ0n) is 7.75. The van der Waals surface area contributed by atoms with Gasteiger partial charge in [0, 0.05) is 0 Å². The summed E-state index contributed by atoms with van der Waals surface area (Å²) in [6.07, 6.45) is -2.04. The molecular formula is C9H7F3N2O. The Morgan fingerprint density at radius 2 is 2.07 bits per heavy atom. The van der Waals surface area contributed by atoms with E-state index in [4.69, 9.17) is 4.74 Å². The van der Waals surface area contributed by atoms with Gasteiger partial charge in [-0.1, -0.05) is 0 Å². The maximum absolute atomic E-state index is 12.5. The van der Waals surface area contributed by atoms with E-state index >= 15 is 0 Å². The number of alkyl halides is 3. The minimum Gasteiger partial charge on any atom is -0.495 e. The molecule has 0 atom stereocenters. The van der Waals surface area contributed by atoms with Crippen molar-refractivity contribution in [1.82, 2.24) is 9.38 Å². The van der Waals surface area contributed by atoms with Crippen LogP contribution in [0.4, 0.5) is 13.2 Å². The lowest BCUT2D eigenvalue weighted by molar-refractivity contribution is -0.145. The first-order chi connectivity index (χ1) is 7.02. The molecule has 0 unspecified atom stereocenters. The van der Waals surface area contributed by atoms with Crippen molar-refractivity contribution in [3.63, 3.8) is 0 Å². The summed E-state index contributed by atoms with van der Waals surface area (Å²) < 4.78 is 43.2. The summed E-state index contributed by atoms with van der Waals surface area (Å²) in [5, 5.41) is 0. The standard InChI is InChI=1S/C9H7F3N2O/c1-15-7-3-2-6-4-13-8(9(10,11)12)14(6)5-7/h2-5H,1H3. The molecule has 0 bridgehead atoms. The van der Waals surface area contributed by atoms with E-state index in [0.717, 1.165) is 4.40 Å². The molecule has 0 saturated carbocycles. The average molecular weight is 216 g/mol. The van der Waals surface area contributed by atoms with Crippen LogP contribution in [0.25, 0.3) is 5.52 Å². The Balaban J connectivity index is 2.67. The summed E-state index contributed by atoms with van der Waals surface area (Å²) in [4.78, 5) is 3.32. The number of hydrogen-bond acceptors (Lipinski definition) is 2. The van der Waals surface area contributed by atoms with E-state index in [2.05, 4.69) is 4.98 Å². The second-order valence-corrected chi connectivity index (χ2v) is 2.94. The third-order valence-electron chi connectivity index (χ3n) is 1.99. The van der Waals surface area contributed by atoms with Crippen molar-refractivity contribution >= 4 is 5.52 Å². The van der Waals surface area contributed by atoms with E-state index in [-0.39, 0.29) is 0 Å². The highest BCUT2D eigenvalue weighted by molar-refractivity contribution is 5.48. The zero-order valence-corrected chi connectivity index (χ0v) is 7.75. The van der Waals surface area contributed by atoms with Crippen LogP contribution in [-0.2, 0) is 6.18 Å². The van der Waals surface area contributed by atoms with Crippen LogP contribution < -0.4 is 4.74 Å². The molecule has 0 fully saturated rings. The minimum absolute atomic E-state index is 0.353. The second-order valence-electron chi connectivity index (χ2n) is 2.94. The highest BCUT2D eigenvalue weighted by Gasteiger charge is 2.35. The van der Waals surface area contributed by atoms with E-state index in [1.165, 1.54) is 25.6 Å². The Kier molecular flexibility index (Phi) is 2.06. The minimum atomic E-state index is -4.46. The van der Waals surface area contributed by atoms with Crippen LogP contribution in [0, 0.1) is 0 Å².